The van der Waals surface area contributed by atoms with Crippen LogP contribution in [0.1, 0.15) is 5.56 Å². The van der Waals surface area contributed by atoms with E-state index in [1.165, 1.54) is 23.5 Å². The molecule has 0 saturated carbocycles. The van der Waals surface area contributed by atoms with Crippen LogP contribution in [0.2, 0.25) is 0 Å². The fourth-order valence-electron chi connectivity index (χ4n) is 2.20. The molecule has 0 aliphatic heterocycles. The highest BCUT2D eigenvalue weighted by Crippen LogP contribution is 2.29. The van der Waals surface area contributed by atoms with Gasteiger partial charge in [0.05, 0.1) is 15.1 Å². The molecular weight excluding hydrogens is 344 g/mol. The van der Waals surface area contributed by atoms with E-state index in [1.54, 1.807) is 6.07 Å². The number of rotatable bonds is 4. The number of hydrogen-bond donors (Lipinski definition) is 1. The molecule has 0 bridgehead atoms. The Labute approximate surface area is 147 Å². The molecule has 122 valence electrons. The highest BCUT2D eigenvalue weighted by atomic mass is 32.1. The number of anilines is 1. The Kier molecular flexibility index (Phi) is 4.68. The Morgan fingerprint density at radius 3 is 2.79 bits per heavy atom. The average molecular weight is 358 g/mol. The second-order valence-electron chi connectivity index (χ2n) is 5.20. The minimum Gasteiger partial charge on any atom is -0.348 e. The molecule has 0 unspecified atom stereocenters. The van der Waals surface area contributed by atoms with Gasteiger partial charge in [0.2, 0.25) is 0 Å². The summed E-state index contributed by atoms with van der Waals surface area (Å²) >= 11 is 6.74. The van der Waals surface area contributed by atoms with Gasteiger partial charge in [0.15, 0.2) is 10.2 Å². The summed E-state index contributed by atoms with van der Waals surface area (Å²) in [6, 6.07) is 14.6. The van der Waals surface area contributed by atoms with Gasteiger partial charge < -0.3 is 10.2 Å². The van der Waals surface area contributed by atoms with Crippen LogP contribution in [0.25, 0.3) is 10.2 Å². The summed E-state index contributed by atoms with van der Waals surface area (Å²) in [6.45, 7) is 0.684. The first kappa shape index (κ1) is 16.3. The van der Waals surface area contributed by atoms with Crippen LogP contribution in [0.4, 0.5) is 10.8 Å². The lowest BCUT2D eigenvalue weighted by Crippen LogP contribution is -2.30. The number of nitrogens with zero attached hydrogens (tertiary/aromatic N) is 3. The van der Waals surface area contributed by atoms with E-state index in [1.807, 2.05) is 42.3 Å². The maximum Gasteiger partial charge on any atom is 0.270 e. The standard InChI is InChI=1S/C16H14N4O2S2/c1-19(10-11-5-3-2-4-6-11)16(23)18-15-17-13-8-7-12(20(21)22)9-14(13)24-15/h2-9H,10H2,1H3,(H,17,18,23). The molecule has 1 heterocycles. The summed E-state index contributed by atoms with van der Waals surface area (Å²) in [6.07, 6.45) is 0. The number of nitro groups is 1. The van der Waals surface area contributed by atoms with Crippen molar-refractivity contribution < 1.29 is 4.92 Å². The van der Waals surface area contributed by atoms with E-state index < -0.39 is 4.92 Å². The number of benzene rings is 2. The Balaban J connectivity index is 1.71. The van der Waals surface area contributed by atoms with Gasteiger partial charge in [0.1, 0.15) is 0 Å². The SMILES string of the molecule is CN(Cc1ccccc1)C(=S)Nc1nc2ccc([N+](=O)[O-])cc2s1. The van der Waals surface area contributed by atoms with E-state index in [0.29, 0.717) is 22.3 Å². The summed E-state index contributed by atoms with van der Waals surface area (Å²) in [5.41, 5.74) is 1.92. The normalized spacial score (nSPS) is 10.5. The number of nitro benzene ring substituents is 1. The molecule has 0 aliphatic rings. The molecule has 0 radical (unpaired) electrons. The van der Waals surface area contributed by atoms with Gasteiger partial charge in [0.25, 0.3) is 5.69 Å². The number of aromatic nitrogens is 1. The van der Waals surface area contributed by atoms with Crippen LogP contribution in [0, 0.1) is 10.1 Å². The number of non-ortho nitro benzene ring substituents is 1. The average Bonchev–Trinajstić information content (AvgIpc) is 2.96. The van der Waals surface area contributed by atoms with E-state index in [-0.39, 0.29) is 5.69 Å². The number of nitrogens with one attached hydrogen (secondary N) is 1. The van der Waals surface area contributed by atoms with Gasteiger partial charge in [-0.2, -0.15) is 0 Å². The second-order valence-corrected chi connectivity index (χ2v) is 6.62. The molecule has 1 aromatic heterocycles. The number of fused-ring (bicyclic) bond motifs is 1. The summed E-state index contributed by atoms with van der Waals surface area (Å²) in [5.74, 6) is 0. The molecule has 24 heavy (non-hydrogen) atoms. The second kappa shape index (κ2) is 6.90. The quantitative estimate of drug-likeness (QED) is 0.431. The number of thiazole rings is 1. The van der Waals surface area contributed by atoms with Crippen LogP contribution in [-0.4, -0.2) is 27.0 Å². The zero-order chi connectivity index (χ0) is 17.1. The van der Waals surface area contributed by atoms with Crippen molar-refractivity contribution in [1.29, 1.82) is 0 Å². The first-order valence-corrected chi connectivity index (χ1v) is 8.36. The monoisotopic (exact) mass is 358 g/mol. The van der Waals surface area contributed by atoms with Gasteiger partial charge in [-0.05, 0) is 23.8 Å². The van der Waals surface area contributed by atoms with Gasteiger partial charge in [-0.15, -0.1) is 0 Å². The van der Waals surface area contributed by atoms with Crippen LogP contribution in [0.3, 0.4) is 0 Å². The van der Waals surface area contributed by atoms with Crippen molar-refractivity contribution >= 4 is 49.7 Å². The van der Waals surface area contributed by atoms with Gasteiger partial charge in [-0.25, -0.2) is 4.98 Å². The summed E-state index contributed by atoms with van der Waals surface area (Å²) in [7, 11) is 1.90. The number of thiocarbonyl (C=S) groups is 1. The van der Waals surface area contributed by atoms with Crippen molar-refractivity contribution in [2.45, 2.75) is 6.54 Å². The predicted octanol–water partition coefficient (Wildman–Crippen LogP) is 4.03. The molecule has 2 aromatic carbocycles. The molecule has 0 saturated heterocycles. The van der Waals surface area contributed by atoms with Gasteiger partial charge in [0, 0.05) is 25.7 Å². The third kappa shape index (κ3) is 3.66. The van der Waals surface area contributed by atoms with Crippen LogP contribution >= 0.6 is 23.6 Å². The van der Waals surface area contributed by atoms with Crippen molar-refractivity contribution in [3.63, 3.8) is 0 Å². The Morgan fingerprint density at radius 2 is 2.08 bits per heavy atom. The van der Waals surface area contributed by atoms with Gasteiger partial charge in [-0.3, -0.25) is 10.1 Å². The van der Waals surface area contributed by atoms with Crippen molar-refractivity contribution in [1.82, 2.24) is 9.88 Å². The molecule has 0 aliphatic carbocycles. The van der Waals surface area contributed by atoms with Crippen LogP contribution < -0.4 is 5.32 Å². The molecule has 1 N–H and O–H groups in total. The first-order chi connectivity index (χ1) is 11.5. The molecule has 8 heteroatoms. The highest BCUT2D eigenvalue weighted by Gasteiger charge is 2.12. The van der Waals surface area contributed by atoms with Crippen molar-refractivity contribution in [2.24, 2.45) is 0 Å². The molecule has 3 rings (SSSR count). The minimum atomic E-state index is -0.412. The van der Waals surface area contributed by atoms with E-state index in [9.17, 15) is 10.1 Å². The Bertz CT molecular complexity index is 895. The zero-order valence-electron chi connectivity index (χ0n) is 12.8. The lowest BCUT2D eigenvalue weighted by Gasteiger charge is -2.20. The lowest BCUT2D eigenvalue weighted by atomic mass is 10.2. The van der Waals surface area contributed by atoms with E-state index in [0.717, 1.165) is 10.3 Å². The van der Waals surface area contributed by atoms with E-state index in [2.05, 4.69) is 10.3 Å². The third-order valence-electron chi connectivity index (χ3n) is 3.41. The van der Waals surface area contributed by atoms with E-state index in [4.69, 9.17) is 12.2 Å². The first-order valence-electron chi connectivity index (χ1n) is 7.14. The molecule has 0 atom stereocenters. The topological polar surface area (TPSA) is 71.3 Å². The predicted molar refractivity (Wildman–Crippen MR) is 100 cm³/mol. The summed E-state index contributed by atoms with van der Waals surface area (Å²) in [5, 5.41) is 15.1. The third-order valence-corrected chi connectivity index (χ3v) is 4.75. The Morgan fingerprint density at radius 1 is 1.33 bits per heavy atom. The molecule has 3 aromatic rings. The van der Waals surface area contributed by atoms with Gasteiger partial charge >= 0.3 is 0 Å². The lowest BCUT2D eigenvalue weighted by molar-refractivity contribution is -0.384. The maximum absolute atomic E-state index is 10.8. The fraction of sp³-hybridized carbons (Fsp3) is 0.125. The molecular formula is C16H14N4O2S2. The highest BCUT2D eigenvalue weighted by molar-refractivity contribution is 7.80. The maximum atomic E-state index is 10.8. The number of hydrogen-bond acceptors (Lipinski definition) is 5. The van der Waals surface area contributed by atoms with Gasteiger partial charge in [-0.1, -0.05) is 41.7 Å². The van der Waals surface area contributed by atoms with Crippen molar-refractivity contribution in [3.8, 4) is 0 Å². The zero-order valence-corrected chi connectivity index (χ0v) is 14.4. The van der Waals surface area contributed by atoms with Crippen molar-refractivity contribution in [3.05, 3.63) is 64.2 Å². The summed E-state index contributed by atoms with van der Waals surface area (Å²) in [4.78, 5) is 16.8. The smallest absolute Gasteiger partial charge is 0.270 e. The molecule has 0 spiro atoms. The summed E-state index contributed by atoms with van der Waals surface area (Å²) < 4.78 is 0.750. The molecule has 0 amide bonds. The molecule has 0 fully saturated rings. The largest absolute Gasteiger partial charge is 0.348 e. The van der Waals surface area contributed by atoms with E-state index >= 15 is 0 Å². The van der Waals surface area contributed by atoms with Crippen molar-refractivity contribution in [2.75, 3.05) is 12.4 Å². The minimum absolute atomic E-state index is 0.0569. The molecule has 6 nitrogen and oxygen atoms in total. The fourth-order valence-corrected chi connectivity index (χ4v) is 3.32. The van der Waals surface area contributed by atoms with Crippen LogP contribution in [-0.2, 0) is 6.54 Å². The van der Waals surface area contributed by atoms with Crippen LogP contribution in [0.15, 0.2) is 48.5 Å². The van der Waals surface area contributed by atoms with Crippen LogP contribution in [0.5, 0.6) is 0 Å². The Hall–Kier alpha value is -2.58.